The number of nitrogens with zero attached hydrogens (tertiary/aromatic N) is 1. The summed E-state index contributed by atoms with van der Waals surface area (Å²) in [6.45, 7) is 0. The van der Waals surface area contributed by atoms with Crippen LogP contribution in [0, 0.1) is 0 Å². The fourth-order valence-electron chi connectivity index (χ4n) is 2.51. The van der Waals surface area contributed by atoms with Gasteiger partial charge in [-0.2, -0.15) is 0 Å². The fourth-order valence-corrected chi connectivity index (χ4v) is 3.24. The van der Waals surface area contributed by atoms with Crippen LogP contribution in [0.25, 0.3) is 0 Å². The molecule has 0 aromatic rings. The molecule has 2 amide bonds. The van der Waals surface area contributed by atoms with Gasteiger partial charge >= 0.3 is 0 Å². The Hall–Kier alpha value is -0.550. The Bertz CT molecular complexity index is 280. The van der Waals surface area contributed by atoms with Crippen LogP contribution in [0.3, 0.4) is 0 Å². The lowest BCUT2D eigenvalue weighted by atomic mass is 10.0. The minimum atomic E-state index is -0.0524. The summed E-state index contributed by atoms with van der Waals surface area (Å²) in [7, 11) is 0. The molecule has 1 saturated heterocycles. The van der Waals surface area contributed by atoms with Gasteiger partial charge in [0.15, 0.2) is 0 Å². The zero-order valence-electron chi connectivity index (χ0n) is 9.35. The average Bonchev–Trinajstić information content (AvgIpc) is 2.44. The van der Waals surface area contributed by atoms with E-state index in [-0.39, 0.29) is 23.9 Å². The van der Waals surface area contributed by atoms with Gasteiger partial charge in [0.25, 0.3) is 0 Å². The van der Waals surface area contributed by atoms with Crippen molar-refractivity contribution >= 4 is 23.6 Å². The molecular formula is C11H18N2O2S. The number of amides is 2. The van der Waals surface area contributed by atoms with Crippen LogP contribution in [0.2, 0.25) is 0 Å². The standard InChI is InChI=1S/C11H18N2O2S/c12-8-4-2-1-3-5-9(8)13-10(14)6-16-7-11(13)15/h8-9H,1-7,12H2. The molecule has 16 heavy (non-hydrogen) atoms. The molecule has 0 aromatic heterocycles. The van der Waals surface area contributed by atoms with Crippen LogP contribution in [0.5, 0.6) is 0 Å². The molecule has 0 aromatic carbocycles. The summed E-state index contributed by atoms with van der Waals surface area (Å²) in [4.78, 5) is 25.0. The van der Waals surface area contributed by atoms with Crippen LogP contribution in [0.1, 0.15) is 32.1 Å². The topological polar surface area (TPSA) is 63.4 Å². The molecule has 2 fully saturated rings. The Kier molecular flexibility index (Phi) is 3.86. The second kappa shape index (κ2) is 5.19. The van der Waals surface area contributed by atoms with Crippen molar-refractivity contribution < 1.29 is 9.59 Å². The first-order valence-electron chi connectivity index (χ1n) is 5.88. The SMILES string of the molecule is NC1CCCCCC1N1C(=O)CSCC1=O. The van der Waals surface area contributed by atoms with E-state index in [0.29, 0.717) is 11.5 Å². The van der Waals surface area contributed by atoms with Crippen molar-refractivity contribution in [2.24, 2.45) is 5.73 Å². The van der Waals surface area contributed by atoms with Crippen molar-refractivity contribution in [3.8, 4) is 0 Å². The third-order valence-electron chi connectivity index (χ3n) is 3.35. The third-order valence-corrected chi connectivity index (χ3v) is 4.25. The van der Waals surface area contributed by atoms with E-state index in [4.69, 9.17) is 5.73 Å². The van der Waals surface area contributed by atoms with Gasteiger partial charge in [0.1, 0.15) is 0 Å². The van der Waals surface area contributed by atoms with Crippen molar-refractivity contribution in [1.82, 2.24) is 4.90 Å². The summed E-state index contributed by atoms with van der Waals surface area (Å²) in [5, 5.41) is 0. The smallest absolute Gasteiger partial charge is 0.239 e. The van der Waals surface area contributed by atoms with Gasteiger partial charge in [-0.05, 0) is 12.8 Å². The molecule has 1 heterocycles. The first-order valence-corrected chi connectivity index (χ1v) is 7.04. The maximum Gasteiger partial charge on any atom is 0.239 e. The van der Waals surface area contributed by atoms with E-state index in [1.807, 2.05) is 0 Å². The molecule has 1 saturated carbocycles. The highest BCUT2D eigenvalue weighted by Crippen LogP contribution is 2.24. The Balaban J connectivity index is 2.13. The summed E-state index contributed by atoms with van der Waals surface area (Å²) in [5.41, 5.74) is 6.08. The van der Waals surface area contributed by atoms with E-state index in [9.17, 15) is 9.59 Å². The monoisotopic (exact) mass is 242 g/mol. The van der Waals surface area contributed by atoms with Crippen LogP contribution in [-0.2, 0) is 9.59 Å². The Morgan fingerprint density at radius 2 is 1.69 bits per heavy atom. The largest absolute Gasteiger partial charge is 0.326 e. The van der Waals surface area contributed by atoms with E-state index in [1.54, 1.807) is 0 Å². The number of thioether (sulfide) groups is 1. The molecule has 1 aliphatic heterocycles. The lowest BCUT2D eigenvalue weighted by molar-refractivity contribution is -0.145. The van der Waals surface area contributed by atoms with Crippen LogP contribution in [-0.4, -0.2) is 40.3 Å². The zero-order chi connectivity index (χ0) is 11.5. The quantitative estimate of drug-likeness (QED) is 0.544. The van der Waals surface area contributed by atoms with Crippen molar-refractivity contribution in [3.05, 3.63) is 0 Å². The molecule has 5 heteroatoms. The summed E-state index contributed by atoms with van der Waals surface area (Å²) in [5.74, 6) is 0.747. The first kappa shape index (κ1) is 11.9. The lowest BCUT2D eigenvalue weighted by Crippen LogP contribution is -2.55. The summed E-state index contributed by atoms with van der Waals surface area (Å²) < 4.78 is 0. The lowest BCUT2D eigenvalue weighted by Gasteiger charge is -2.35. The number of carbonyl (C=O) groups is 2. The van der Waals surface area contributed by atoms with Gasteiger partial charge in [-0.15, -0.1) is 11.8 Å². The average molecular weight is 242 g/mol. The molecular weight excluding hydrogens is 224 g/mol. The number of hydrogen-bond acceptors (Lipinski definition) is 4. The van der Waals surface area contributed by atoms with Crippen LogP contribution in [0.4, 0.5) is 0 Å². The normalized spacial score (nSPS) is 32.7. The number of hydrogen-bond donors (Lipinski definition) is 1. The minimum absolute atomic E-state index is 0.0292. The van der Waals surface area contributed by atoms with E-state index < -0.39 is 0 Å². The van der Waals surface area contributed by atoms with Gasteiger partial charge in [0, 0.05) is 6.04 Å². The molecule has 2 unspecified atom stereocenters. The number of imide groups is 1. The zero-order valence-corrected chi connectivity index (χ0v) is 10.2. The van der Waals surface area contributed by atoms with Gasteiger partial charge in [0.2, 0.25) is 11.8 Å². The minimum Gasteiger partial charge on any atom is -0.326 e. The molecule has 4 nitrogen and oxygen atoms in total. The highest BCUT2D eigenvalue weighted by atomic mass is 32.2. The molecule has 0 radical (unpaired) electrons. The Labute approximate surface area is 99.9 Å². The number of carbonyl (C=O) groups excluding carboxylic acids is 2. The van der Waals surface area contributed by atoms with Crippen molar-refractivity contribution in [1.29, 1.82) is 0 Å². The van der Waals surface area contributed by atoms with Gasteiger partial charge in [0.05, 0.1) is 17.5 Å². The highest BCUT2D eigenvalue weighted by molar-refractivity contribution is 8.00. The van der Waals surface area contributed by atoms with Crippen molar-refractivity contribution in [3.63, 3.8) is 0 Å². The van der Waals surface area contributed by atoms with Gasteiger partial charge in [-0.25, -0.2) is 0 Å². The van der Waals surface area contributed by atoms with E-state index >= 15 is 0 Å². The molecule has 0 spiro atoms. The van der Waals surface area contributed by atoms with E-state index in [0.717, 1.165) is 32.1 Å². The molecule has 2 N–H and O–H groups in total. The first-order chi connectivity index (χ1) is 7.70. The third kappa shape index (κ3) is 2.40. The molecule has 1 aliphatic carbocycles. The maximum absolute atomic E-state index is 11.8. The van der Waals surface area contributed by atoms with Crippen LogP contribution >= 0.6 is 11.8 Å². The summed E-state index contributed by atoms with van der Waals surface area (Å²) in [6.07, 6.45) is 5.15. The predicted octanol–water partition coefficient (Wildman–Crippen LogP) is 0.748. The summed E-state index contributed by atoms with van der Waals surface area (Å²) in [6, 6.07) is -0.0816. The number of nitrogens with two attached hydrogens (primary N) is 1. The highest BCUT2D eigenvalue weighted by Gasteiger charge is 2.36. The molecule has 2 aliphatic rings. The fraction of sp³-hybridized carbons (Fsp3) is 0.818. The molecule has 0 bridgehead atoms. The molecule has 2 atom stereocenters. The van der Waals surface area contributed by atoms with Crippen LogP contribution < -0.4 is 5.73 Å². The van der Waals surface area contributed by atoms with Gasteiger partial charge in [-0.3, -0.25) is 14.5 Å². The Morgan fingerprint density at radius 1 is 1.06 bits per heavy atom. The second-order valence-electron chi connectivity index (χ2n) is 4.52. The Morgan fingerprint density at radius 3 is 2.38 bits per heavy atom. The van der Waals surface area contributed by atoms with Crippen molar-refractivity contribution in [2.45, 2.75) is 44.2 Å². The van der Waals surface area contributed by atoms with E-state index in [2.05, 4.69) is 0 Å². The van der Waals surface area contributed by atoms with Crippen molar-refractivity contribution in [2.75, 3.05) is 11.5 Å². The molecule has 90 valence electrons. The van der Waals surface area contributed by atoms with E-state index in [1.165, 1.54) is 16.7 Å². The summed E-state index contributed by atoms with van der Waals surface area (Å²) >= 11 is 1.40. The van der Waals surface area contributed by atoms with Gasteiger partial charge < -0.3 is 5.73 Å². The number of rotatable bonds is 1. The maximum atomic E-state index is 11.8. The molecule has 2 rings (SSSR count). The van der Waals surface area contributed by atoms with Crippen LogP contribution in [0.15, 0.2) is 0 Å². The predicted molar refractivity (Wildman–Crippen MR) is 64.0 cm³/mol. The second-order valence-corrected chi connectivity index (χ2v) is 5.51. The van der Waals surface area contributed by atoms with Gasteiger partial charge in [-0.1, -0.05) is 19.3 Å².